The summed E-state index contributed by atoms with van der Waals surface area (Å²) in [6.45, 7) is -0.183. The van der Waals surface area contributed by atoms with Crippen LogP contribution in [0.2, 0.25) is 0 Å². The molecule has 1 nitrogen and oxygen atoms in total. The van der Waals surface area contributed by atoms with Crippen molar-refractivity contribution in [1.82, 2.24) is 0 Å². The van der Waals surface area contributed by atoms with Gasteiger partial charge in [-0.05, 0) is 24.6 Å². The van der Waals surface area contributed by atoms with Crippen LogP contribution in [0.1, 0.15) is 12.0 Å². The van der Waals surface area contributed by atoms with Gasteiger partial charge in [-0.3, -0.25) is 4.39 Å². The van der Waals surface area contributed by atoms with Crippen molar-refractivity contribution < 1.29 is 17.6 Å². The third-order valence-electron chi connectivity index (χ3n) is 1.86. The van der Waals surface area contributed by atoms with Crippen LogP contribution in [0, 0.1) is 0 Å². The van der Waals surface area contributed by atoms with Crippen molar-refractivity contribution in [2.45, 2.75) is 12.6 Å². The summed E-state index contributed by atoms with van der Waals surface area (Å²) in [5, 5.41) is 2.73. The molecule has 1 aromatic carbocycles. The molecule has 0 bridgehead atoms. The minimum absolute atomic E-state index is 0.272. The first kappa shape index (κ1) is 13.3. The van der Waals surface area contributed by atoms with Gasteiger partial charge in [-0.2, -0.15) is 13.2 Å². The second-order valence-electron chi connectivity index (χ2n) is 3.20. The Morgan fingerprint density at radius 3 is 2.44 bits per heavy atom. The van der Waals surface area contributed by atoms with E-state index in [0.29, 0.717) is 16.7 Å². The van der Waals surface area contributed by atoms with E-state index in [9.17, 15) is 17.6 Å². The zero-order valence-electron chi connectivity index (χ0n) is 8.24. The first-order valence-electron chi connectivity index (χ1n) is 4.61. The topological polar surface area (TPSA) is 12.0 Å². The van der Waals surface area contributed by atoms with Crippen molar-refractivity contribution in [3.8, 4) is 0 Å². The van der Waals surface area contributed by atoms with Gasteiger partial charge in [-0.1, -0.05) is 15.9 Å². The van der Waals surface area contributed by atoms with E-state index in [-0.39, 0.29) is 6.42 Å². The predicted octanol–water partition coefficient (Wildman–Crippen LogP) is 4.24. The highest BCUT2D eigenvalue weighted by Gasteiger charge is 2.30. The Morgan fingerprint density at radius 2 is 1.88 bits per heavy atom. The SMILES string of the molecule is FCCCNc1cc(Br)cc(C(F)(F)F)c1. The highest BCUT2D eigenvalue weighted by molar-refractivity contribution is 9.10. The summed E-state index contributed by atoms with van der Waals surface area (Å²) in [5.74, 6) is 0. The second-order valence-corrected chi connectivity index (χ2v) is 4.11. The molecule has 0 amide bonds. The van der Waals surface area contributed by atoms with Gasteiger partial charge in [0.05, 0.1) is 12.2 Å². The monoisotopic (exact) mass is 299 g/mol. The molecule has 0 aliphatic rings. The molecule has 0 fully saturated rings. The average molecular weight is 300 g/mol. The Hall–Kier alpha value is -0.780. The summed E-state index contributed by atoms with van der Waals surface area (Å²) >= 11 is 3.00. The molecule has 0 aliphatic heterocycles. The highest BCUT2D eigenvalue weighted by atomic mass is 79.9. The van der Waals surface area contributed by atoms with E-state index in [1.54, 1.807) is 0 Å². The minimum Gasteiger partial charge on any atom is -0.385 e. The van der Waals surface area contributed by atoms with Gasteiger partial charge in [-0.15, -0.1) is 0 Å². The minimum atomic E-state index is -4.37. The second kappa shape index (κ2) is 5.52. The lowest BCUT2D eigenvalue weighted by Gasteiger charge is -2.11. The largest absolute Gasteiger partial charge is 0.416 e. The van der Waals surface area contributed by atoms with Gasteiger partial charge in [0.1, 0.15) is 0 Å². The van der Waals surface area contributed by atoms with E-state index in [1.807, 2.05) is 0 Å². The fourth-order valence-electron chi connectivity index (χ4n) is 1.15. The van der Waals surface area contributed by atoms with Crippen molar-refractivity contribution in [1.29, 1.82) is 0 Å². The quantitative estimate of drug-likeness (QED) is 0.648. The van der Waals surface area contributed by atoms with E-state index in [1.165, 1.54) is 6.07 Å². The van der Waals surface area contributed by atoms with Crippen LogP contribution in [0.25, 0.3) is 0 Å². The number of hydrogen-bond acceptors (Lipinski definition) is 1. The van der Waals surface area contributed by atoms with E-state index < -0.39 is 18.4 Å². The van der Waals surface area contributed by atoms with Crippen LogP contribution in [0.5, 0.6) is 0 Å². The Labute approximate surface area is 99.0 Å². The molecule has 0 spiro atoms. The molecule has 0 atom stereocenters. The Kier molecular flexibility index (Phi) is 4.58. The molecule has 6 heteroatoms. The molecule has 0 heterocycles. The maximum absolute atomic E-state index is 12.4. The molecule has 0 aliphatic carbocycles. The van der Waals surface area contributed by atoms with Gasteiger partial charge >= 0.3 is 6.18 Å². The van der Waals surface area contributed by atoms with Gasteiger partial charge in [0, 0.05) is 16.7 Å². The number of anilines is 1. The maximum Gasteiger partial charge on any atom is 0.416 e. The molecular formula is C10H10BrF4N. The van der Waals surface area contributed by atoms with Gasteiger partial charge in [0.15, 0.2) is 0 Å². The van der Waals surface area contributed by atoms with Gasteiger partial charge < -0.3 is 5.32 Å². The third kappa shape index (κ3) is 4.00. The number of halogens is 5. The fraction of sp³-hybridized carbons (Fsp3) is 0.400. The first-order chi connectivity index (χ1) is 7.43. The molecule has 16 heavy (non-hydrogen) atoms. The normalized spacial score (nSPS) is 11.6. The first-order valence-corrected chi connectivity index (χ1v) is 5.40. The van der Waals surface area contributed by atoms with Crippen molar-refractivity contribution in [2.75, 3.05) is 18.5 Å². The summed E-state index contributed by atoms with van der Waals surface area (Å²) in [4.78, 5) is 0. The number of nitrogens with one attached hydrogen (secondary N) is 1. The molecule has 0 radical (unpaired) electrons. The smallest absolute Gasteiger partial charge is 0.385 e. The average Bonchev–Trinajstić information content (AvgIpc) is 2.16. The number of hydrogen-bond donors (Lipinski definition) is 1. The number of rotatable bonds is 4. The van der Waals surface area contributed by atoms with Crippen molar-refractivity contribution in [2.24, 2.45) is 0 Å². The van der Waals surface area contributed by atoms with Crippen molar-refractivity contribution in [3.05, 3.63) is 28.2 Å². The van der Waals surface area contributed by atoms with E-state index >= 15 is 0 Å². The van der Waals surface area contributed by atoms with Gasteiger partial charge in [0.2, 0.25) is 0 Å². The standard InChI is InChI=1S/C10H10BrF4N/c11-8-4-7(10(13,14)15)5-9(6-8)16-3-1-2-12/h4-6,16H,1-3H2. The van der Waals surface area contributed by atoms with E-state index in [0.717, 1.165) is 12.1 Å². The molecule has 1 rings (SSSR count). The summed E-state index contributed by atoms with van der Waals surface area (Å²) in [7, 11) is 0. The maximum atomic E-state index is 12.4. The Bertz CT molecular complexity index is 351. The van der Waals surface area contributed by atoms with Gasteiger partial charge in [0.25, 0.3) is 0 Å². The molecule has 1 aromatic rings. The molecule has 1 N–H and O–H groups in total. The Morgan fingerprint density at radius 1 is 1.19 bits per heavy atom. The van der Waals surface area contributed by atoms with Crippen LogP contribution in [-0.4, -0.2) is 13.2 Å². The zero-order chi connectivity index (χ0) is 12.2. The highest BCUT2D eigenvalue weighted by Crippen LogP contribution is 2.33. The zero-order valence-corrected chi connectivity index (χ0v) is 9.83. The molecule has 0 saturated carbocycles. The summed E-state index contributed by atoms with van der Waals surface area (Å²) < 4.78 is 49.4. The summed E-state index contributed by atoms with van der Waals surface area (Å²) in [6.07, 6.45) is -4.10. The third-order valence-corrected chi connectivity index (χ3v) is 2.32. The molecule has 0 aromatic heterocycles. The van der Waals surface area contributed by atoms with E-state index in [4.69, 9.17) is 0 Å². The molecule has 90 valence electrons. The lowest BCUT2D eigenvalue weighted by atomic mass is 10.2. The molecule has 0 unspecified atom stereocenters. The lowest BCUT2D eigenvalue weighted by Crippen LogP contribution is -2.07. The van der Waals surface area contributed by atoms with Crippen LogP contribution in [-0.2, 0) is 6.18 Å². The molecule has 0 saturated heterocycles. The Balaban J connectivity index is 2.82. The van der Waals surface area contributed by atoms with Crippen LogP contribution >= 0.6 is 15.9 Å². The predicted molar refractivity (Wildman–Crippen MR) is 58.2 cm³/mol. The van der Waals surface area contributed by atoms with Crippen LogP contribution < -0.4 is 5.32 Å². The number of benzene rings is 1. The lowest BCUT2D eigenvalue weighted by molar-refractivity contribution is -0.137. The van der Waals surface area contributed by atoms with Crippen molar-refractivity contribution in [3.63, 3.8) is 0 Å². The summed E-state index contributed by atoms with van der Waals surface area (Å²) in [6, 6.07) is 3.52. The number of alkyl halides is 4. The van der Waals surface area contributed by atoms with Crippen LogP contribution in [0.3, 0.4) is 0 Å². The van der Waals surface area contributed by atoms with E-state index in [2.05, 4.69) is 21.2 Å². The fourth-order valence-corrected chi connectivity index (χ4v) is 1.65. The van der Waals surface area contributed by atoms with Crippen LogP contribution in [0.15, 0.2) is 22.7 Å². The van der Waals surface area contributed by atoms with Gasteiger partial charge in [-0.25, -0.2) is 0 Å². The van der Waals surface area contributed by atoms with Crippen LogP contribution in [0.4, 0.5) is 23.2 Å². The van der Waals surface area contributed by atoms with Crippen molar-refractivity contribution >= 4 is 21.6 Å². The summed E-state index contributed by atoms with van der Waals surface area (Å²) in [5.41, 5.74) is -0.403. The molecular weight excluding hydrogens is 290 g/mol.